The molecule has 0 radical (unpaired) electrons. The quantitative estimate of drug-likeness (QED) is 0.396. The minimum atomic E-state index is -0.312. The summed E-state index contributed by atoms with van der Waals surface area (Å²) in [6, 6.07) is 24.3. The van der Waals surface area contributed by atoms with Gasteiger partial charge in [0.25, 0.3) is 0 Å². The highest BCUT2D eigenvalue weighted by Crippen LogP contribution is 2.25. The molecule has 0 N–H and O–H groups in total. The molecule has 1 heterocycles. The van der Waals surface area contributed by atoms with Crippen LogP contribution in [0.2, 0.25) is 5.02 Å². The van der Waals surface area contributed by atoms with E-state index in [1.54, 1.807) is 24.3 Å². The molecule has 0 fully saturated rings. The Morgan fingerprint density at radius 2 is 1.68 bits per heavy atom. The molecule has 3 aromatic carbocycles. The van der Waals surface area contributed by atoms with Crippen molar-refractivity contribution in [2.75, 3.05) is 0 Å². The topological polar surface area (TPSA) is 44.1 Å². The Labute approximate surface area is 168 Å². The summed E-state index contributed by atoms with van der Waals surface area (Å²) < 4.78 is 7.99. The first-order chi connectivity index (χ1) is 13.6. The van der Waals surface area contributed by atoms with Gasteiger partial charge in [-0.05, 0) is 55.5 Å². The maximum absolute atomic E-state index is 12.9. The van der Waals surface area contributed by atoms with Crippen LogP contribution < -0.4 is 4.74 Å². The van der Waals surface area contributed by atoms with Crippen LogP contribution in [0.5, 0.6) is 5.75 Å². The summed E-state index contributed by atoms with van der Waals surface area (Å²) in [5.74, 6) is 1.47. The first-order valence-electron chi connectivity index (χ1n) is 9.07. The zero-order valence-corrected chi connectivity index (χ0v) is 16.1. The number of nitrogens with zero attached hydrogens (tertiary/aromatic N) is 2. The van der Waals surface area contributed by atoms with E-state index in [0.29, 0.717) is 16.4 Å². The molecule has 0 saturated heterocycles. The van der Waals surface area contributed by atoms with Gasteiger partial charge in [-0.15, -0.1) is 0 Å². The van der Waals surface area contributed by atoms with Crippen molar-refractivity contribution in [1.82, 2.24) is 9.55 Å². The molecule has 1 aromatic heterocycles. The lowest BCUT2D eigenvalue weighted by Gasteiger charge is -2.16. The Balaban J connectivity index is 1.68. The molecule has 4 nitrogen and oxygen atoms in total. The molecule has 4 rings (SSSR count). The van der Waals surface area contributed by atoms with Crippen molar-refractivity contribution >= 4 is 28.4 Å². The van der Waals surface area contributed by atoms with Crippen molar-refractivity contribution in [3.63, 3.8) is 0 Å². The monoisotopic (exact) mass is 390 g/mol. The van der Waals surface area contributed by atoms with E-state index < -0.39 is 0 Å². The first-order valence-corrected chi connectivity index (χ1v) is 9.45. The van der Waals surface area contributed by atoms with E-state index in [2.05, 4.69) is 0 Å². The average molecular weight is 391 g/mol. The van der Waals surface area contributed by atoms with Gasteiger partial charge in [0, 0.05) is 10.6 Å². The van der Waals surface area contributed by atoms with Gasteiger partial charge in [-0.3, -0.25) is 4.79 Å². The van der Waals surface area contributed by atoms with Crippen LogP contribution in [0.3, 0.4) is 0 Å². The second kappa shape index (κ2) is 7.87. The number of halogens is 1. The van der Waals surface area contributed by atoms with Gasteiger partial charge in [0.1, 0.15) is 5.75 Å². The number of hydrogen-bond donors (Lipinski definition) is 0. The van der Waals surface area contributed by atoms with Crippen LogP contribution in [0, 0.1) is 0 Å². The van der Waals surface area contributed by atoms with E-state index in [4.69, 9.17) is 21.3 Å². The fourth-order valence-electron chi connectivity index (χ4n) is 3.20. The molecular weight excluding hydrogens is 372 g/mol. The molecule has 5 heteroatoms. The van der Waals surface area contributed by atoms with E-state index in [1.165, 1.54) is 0 Å². The highest BCUT2D eigenvalue weighted by Gasteiger charge is 2.20. The lowest BCUT2D eigenvalue weighted by atomic mass is 10.1. The van der Waals surface area contributed by atoms with Gasteiger partial charge in [0.15, 0.2) is 17.7 Å². The summed E-state index contributed by atoms with van der Waals surface area (Å²) in [7, 11) is 0. The molecule has 140 valence electrons. The fraction of sp³-hybridized carbons (Fsp3) is 0.130. The number of para-hydroxylation sites is 3. The van der Waals surface area contributed by atoms with Gasteiger partial charge in [-0.25, -0.2) is 4.98 Å². The zero-order valence-electron chi connectivity index (χ0n) is 15.4. The predicted molar refractivity (Wildman–Crippen MR) is 111 cm³/mol. The minimum absolute atomic E-state index is 0.00650. The number of ether oxygens (including phenoxy) is 1. The van der Waals surface area contributed by atoms with Crippen LogP contribution in [0.15, 0.2) is 78.9 Å². The van der Waals surface area contributed by atoms with Crippen molar-refractivity contribution in [3.8, 4) is 5.75 Å². The zero-order chi connectivity index (χ0) is 19.5. The highest BCUT2D eigenvalue weighted by molar-refractivity contribution is 6.30. The third-order valence-corrected chi connectivity index (χ3v) is 4.82. The number of carbonyl (C=O) groups is 1. The second-order valence-corrected chi connectivity index (χ2v) is 6.98. The van der Waals surface area contributed by atoms with E-state index in [1.807, 2.05) is 66.1 Å². The van der Waals surface area contributed by atoms with Crippen LogP contribution in [-0.2, 0) is 6.54 Å². The Bertz CT molecular complexity index is 1100. The Morgan fingerprint density at radius 1 is 1.00 bits per heavy atom. The first kappa shape index (κ1) is 18.3. The number of carbonyl (C=O) groups excluding carboxylic acids is 1. The van der Waals surface area contributed by atoms with Gasteiger partial charge in [-0.2, -0.15) is 0 Å². The molecular formula is C23H19ClN2O2. The number of Topliss-reactive ketones (excluding diaryl/α,β-unsaturated/α-hetero) is 1. The van der Waals surface area contributed by atoms with Crippen LogP contribution in [-0.4, -0.2) is 15.3 Å². The molecule has 1 unspecified atom stereocenters. The number of hydrogen-bond acceptors (Lipinski definition) is 3. The maximum atomic E-state index is 12.9. The van der Waals surface area contributed by atoms with Gasteiger partial charge in [-0.1, -0.05) is 41.9 Å². The van der Waals surface area contributed by atoms with Gasteiger partial charge in [0.05, 0.1) is 17.6 Å². The van der Waals surface area contributed by atoms with Gasteiger partial charge in [0.2, 0.25) is 0 Å². The summed E-state index contributed by atoms with van der Waals surface area (Å²) in [6.07, 6.45) is -0.312. The molecule has 0 saturated carbocycles. The van der Waals surface area contributed by atoms with Crippen molar-refractivity contribution in [1.29, 1.82) is 0 Å². The molecule has 0 bridgehead atoms. The minimum Gasteiger partial charge on any atom is -0.483 e. The Morgan fingerprint density at radius 3 is 2.43 bits per heavy atom. The number of imidazole rings is 1. The van der Waals surface area contributed by atoms with Gasteiger partial charge < -0.3 is 9.30 Å². The van der Waals surface area contributed by atoms with E-state index in [9.17, 15) is 4.79 Å². The number of fused-ring (bicyclic) bond motifs is 1. The molecule has 4 aromatic rings. The van der Waals surface area contributed by atoms with Crippen molar-refractivity contribution in [2.24, 2.45) is 0 Å². The molecule has 0 spiro atoms. The SMILES string of the molecule is CC(Oc1ccccc1)c1nc2ccccc2n1CC(=O)c1ccc(Cl)cc1. The number of ketones is 1. The third-order valence-electron chi connectivity index (χ3n) is 4.57. The van der Waals surface area contributed by atoms with E-state index >= 15 is 0 Å². The van der Waals surface area contributed by atoms with Crippen LogP contribution in [0.1, 0.15) is 29.2 Å². The Kier molecular flexibility index (Phi) is 5.13. The smallest absolute Gasteiger partial charge is 0.182 e. The number of benzene rings is 3. The van der Waals surface area contributed by atoms with Gasteiger partial charge >= 0.3 is 0 Å². The third kappa shape index (κ3) is 3.78. The standard InChI is InChI=1S/C23H19ClN2O2/c1-16(28-19-7-3-2-4-8-19)23-25-20-9-5-6-10-21(20)26(23)15-22(27)17-11-13-18(24)14-12-17/h2-14,16H,15H2,1H3. The van der Waals surface area contributed by atoms with E-state index in [0.717, 1.165) is 16.8 Å². The summed E-state index contributed by atoms with van der Waals surface area (Å²) in [5.41, 5.74) is 2.36. The summed E-state index contributed by atoms with van der Waals surface area (Å²) in [5, 5.41) is 0.607. The van der Waals surface area contributed by atoms with Crippen molar-refractivity contribution in [3.05, 3.63) is 95.3 Å². The normalized spacial score (nSPS) is 12.1. The predicted octanol–water partition coefficient (Wildman–Crippen LogP) is 5.71. The summed E-state index contributed by atoms with van der Waals surface area (Å²) in [4.78, 5) is 17.6. The number of aromatic nitrogens is 2. The molecule has 1 atom stereocenters. The van der Waals surface area contributed by atoms with Crippen LogP contribution in [0.25, 0.3) is 11.0 Å². The number of rotatable bonds is 6. The molecule has 28 heavy (non-hydrogen) atoms. The largest absolute Gasteiger partial charge is 0.483 e. The highest BCUT2D eigenvalue weighted by atomic mass is 35.5. The lowest BCUT2D eigenvalue weighted by Crippen LogP contribution is -2.17. The van der Waals surface area contributed by atoms with Crippen molar-refractivity contribution < 1.29 is 9.53 Å². The Hall–Kier alpha value is -3.11. The molecule has 0 amide bonds. The lowest BCUT2D eigenvalue weighted by molar-refractivity contribution is 0.0969. The summed E-state index contributed by atoms with van der Waals surface area (Å²) >= 11 is 5.94. The summed E-state index contributed by atoms with van der Waals surface area (Å²) in [6.45, 7) is 2.12. The molecule has 0 aliphatic rings. The maximum Gasteiger partial charge on any atom is 0.182 e. The average Bonchev–Trinajstić information content (AvgIpc) is 3.08. The van der Waals surface area contributed by atoms with Crippen molar-refractivity contribution in [2.45, 2.75) is 19.6 Å². The van der Waals surface area contributed by atoms with E-state index in [-0.39, 0.29) is 18.4 Å². The van der Waals surface area contributed by atoms with Crippen LogP contribution >= 0.6 is 11.6 Å². The molecule has 0 aliphatic heterocycles. The fourth-order valence-corrected chi connectivity index (χ4v) is 3.32. The molecule has 0 aliphatic carbocycles. The second-order valence-electron chi connectivity index (χ2n) is 6.55. The van der Waals surface area contributed by atoms with Crippen LogP contribution in [0.4, 0.5) is 0 Å².